The van der Waals surface area contributed by atoms with Crippen LogP contribution in [0.25, 0.3) is 10.2 Å². The first-order valence-electron chi connectivity index (χ1n) is 7.33. The smallest absolute Gasteiger partial charge is 0.294 e. The summed E-state index contributed by atoms with van der Waals surface area (Å²) < 4.78 is 38.9. The molecule has 0 N–H and O–H groups in total. The minimum Gasteiger partial charge on any atom is -0.380 e. The summed E-state index contributed by atoms with van der Waals surface area (Å²) in [5.41, 5.74) is 0.922. The Labute approximate surface area is 166 Å². The zero-order valence-corrected chi connectivity index (χ0v) is 17.9. The van der Waals surface area contributed by atoms with Crippen LogP contribution in [0.3, 0.4) is 0 Å². The van der Waals surface area contributed by atoms with Crippen molar-refractivity contribution in [2.45, 2.75) is 17.7 Å². The van der Waals surface area contributed by atoms with Gasteiger partial charge in [-0.15, -0.1) is 15.7 Å². The maximum absolute atomic E-state index is 12.6. The molecule has 0 atom stereocenters. The molecule has 0 unspecified atom stereocenters. The Balaban J connectivity index is 2.15. The first-order valence-corrected chi connectivity index (χ1v) is 11.6. The van der Waals surface area contributed by atoms with Crippen LogP contribution in [0, 0.1) is 0 Å². The molecule has 3 aromatic rings. The third kappa shape index (κ3) is 4.35. The second-order valence-corrected chi connectivity index (χ2v) is 10.4. The van der Waals surface area contributed by atoms with Crippen LogP contribution in [0.2, 0.25) is 4.34 Å². The van der Waals surface area contributed by atoms with Gasteiger partial charge >= 0.3 is 0 Å². The maximum Gasteiger partial charge on any atom is 0.294 e. The van der Waals surface area contributed by atoms with E-state index in [2.05, 4.69) is 20.3 Å². The van der Waals surface area contributed by atoms with Crippen LogP contribution in [0.4, 0.5) is 0 Å². The number of aromatic nitrogens is 1. The quantitative estimate of drug-likeness (QED) is 0.487. The molecule has 2 aromatic heterocycles. The molecule has 0 saturated heterocycles. The van der Waals surface area contributed by atoms with Crippen LogP contribution in [-0.2, 0) is 21.3 Å². The SMILES string of the molecule is CCOCCn1/c(=N/S(=O)(=O)c2ccc(Cl)s2)sc2cc(Br)ccc21. The van der Waals surface area contributed by atoms with E-state index in [0.717, 1.165) is 26.0 Å². The molecule has 5 nitrogen and oxygen atoms in total. The Morgan fingerprint density at radius 3 is 2.76 bits per heavy atom. The highest BCUT2D eigenvalue weighted by molar-refractivity contribution is 9.10. The van der Waals surface area contributed by atoms with Crippen LogP contribution in [0.5, 0.6) is 0 Å². The van der Waals surface area contributed by atoms with Crippen molar-refractivity contribution >= 4 is 70.4 Å². The van der Waals surface area contributed by atoms with Gasteiger partial charge in [0.25, 0.3) is 10.0 Å². The predicted molar refractivity (Wildman–Crippen MR) is 106 cm³/mol. The largest absolute Gasteiger partial charge is 0.380 e. The fraction of sp³-hybridized carbons (Fsp3) is 0.267. The van der Waals surface area contributed by atoms with Gasteiger partial charge < -0.3 is 9.30 Å². The normalized spacial score (nSPS) is 13.0. The fourth-order valence-corrected chi connectivity index (χ4v) is 6.49. The van der Waals surface area contributed by atoms with E-state index in [0.29, 0.717) is 28.9 Å². The van der Waals surface area contributed by atoms with Crippen LogP contribution < -0.4 is 4.80 Å². The highest BCUT2D eigenvalue weighted by atomic mass is 79.9. The molecule has 0 aliphatic carbocycles. The Morgan fingerprint density at radius 2 is 2.08 bits per heavy atom. The third-order valence-electron chi connectivity index (χ3n) is 3.31. The zero-order valence-electron chi connectivity index (χ0n) is 13.1. The molecule has 25 heavy (non-hydrogen) atoms. The van der Waals surface area contributed by atoms with Gasteiger partial charge in [0.15, 0.2) is 0 Å². The van der Waals surface area contributed by atoms with Gasteiger partial charge in [0, 0.05) is 17.6 Å². The number of hydrogen-bond donors (Lipinski definition) is 0. The van der Waals surface area contributed by atoms with E-state index in [-0.39, 0.29) is 4.21 Å². The molecule has 0 aliphatic heterocycles. The van der Waals surface area contributed by atoms with Crippen molar-refractivity contribution in [3.05, 3.63) is 43.9 Å². The molecule has 0 spiro atoms. The lowest BCUT2D eigenvalue weighted by Gasteiger charge is -2.05. The number of hydrogen-bond acceptors (Lipinski definition) is 5. The molecule has 134 valence electrons. The molecule has 0 radical (unpaired) electrons. The van der Waals surface area contributed by atoms with E-state index in [1.807, 2.05) is 29.7 Å². The molecule has 0 saturated carbocycles. The summed E-state index contributed by atoms with van der Waals surface area (Å²) in [6.07, 6.45) is 0. The number of thiazole rings is 1. The van der Waals surface area contributed by atoms with Gasteiger partial charge in [0.2, 0.25) is 4.80 Å². The monoisotopic (exact) mass is 480 g/mol. The number of halogens is 2. The summed E-state index contributed by atoms with van der Waals surface area (Å²) in [5, 5.41) is 0. The molecule has 0 aliphatic rings. The van der Waals surface area contributed by atoms with Gasteiger partial charge in [0.05, 0.1) is 21.2 Å². The second-order valence-electron chi connectivity index (χ2n) is 4.97. The van der Waals surface area contributed by atoms with Gasteiger partial charge in [-0.2, -0.15) is 8.42 Å². The fourth-order valence-electron chi connectivity index (χ4n) is 2.22. The molecule has 0 bridgehead atoms. The lowest BCUT2D eigenvalue weighted by atomic mass is 10.3. The number of nitrogens with zero attached hydrogens (tertiary/aromatic N) is 2. The first kappa shape index (κ1) is 19.1. The summed E-state index contributed by atoms with van der Waals surface area (Å²) >= 11 is 11.6. The molecule has 0 amide bonds. The Bertz CT molecular complexity index is 1070. The van der Waals surface area contributed by atoms with Gasteiger partial charge in [-0.05, 0) is 37.3 Å². The van der Waals surface area contributed by atoms with Crippen molar-refractivity contribution in [3.8, 4) is 0 Å². The number of sulfonamides is 1. The van der Waals surface area contributed by atoms with Gasteiger partial charge in [0.1, 0.15) is 4.21 Å². The van der Waals surface area contributed by atoms with Crippen LogP contribution in [0.15, 0.2) is 43.4 Å². The van der Waals surface area contributed by atoms with Gasteiger partial charge in [-0.1, -0.05) is 38.9 Å². The van der Waals surface area contributed by atoms with E-state index < -0.39 is 10.0 Å². The molecular formula is C15H14BrClN2O3S3. The average molecular weight is 482 g/mol. The van der Waals surface area contributed by atoms with E-state index in [4.69, 9.17) is 16.3 Å². The molecule has 10 heteroatoms. The van der Waals surface area contributed by atoms with Crippen molar-refractivity contribution in [1.29, 1.82) is 0 Å². The zero-order chi connectivity index (χ0) is 18.0. The summed E-state index contributed by atoms with van der Waals surface area (Å²) in [6, 6.07) is 8.84. The molecule has 0 fully saturated rings. The number of ether oxygens (including phenoxy) is 1. The molecular weight excluding hydrogens is 468 g/mol. The van der Waals surface area contributed by atoms with Crippen LogP contribution >= 0.6 is 50.2 Å². The topological polar surface area (TPSA) is 60.7 Å². The van der Waals surface area contributed by atoms with Gasteiger partial charge in [-0.3, -0.25) is 0 Å². The number of rotatable bonds is 6. The Kier molecular flexibility index (Phi) is 6.02. The van der Waals surface area contributed by atoms with Crippen molar-refractivity contribution in [3.63, 3.8) is 0 Å². The average Bonchev–Trinajstić information content (AvgIpc) is 3.12. The highest BCUT2D eigenvalue weighted by Crippen LogP contribution is 2.27. The van der Waals surface area contributed by atoms with Crippen molar-refractivity contribution in [1.82, 2.24) is 4.57 Å². The Hall–Kier alpha value is -0.710. The predicted octanol–water partition coefficient (Wildman–Crippen LogP) is 4.51. The van der Waals surface area contributed by atoms with Crippen molar-refractivity contribution in [2.24, 2.45) is 4.40 Å². The minimum atomic E-state index is -3.81. The lowest BCUT2D eigenvalue weighted by molar-refractivity contribution is 0.139. The number of fused-ring (bicyclic) bond motifs is 1. The number of thiophene rings is 1. The highest BCUT2D eigenvalue weighted by Gasteiger charge is 2.17. The number of benzene rings is 1. The van der Waals surface area contributed by atoms with Crippen molar-refractivity contribution < 1.29 is 13.2 Å². The Morgan fingerprint density at radius 1 is 1.28 bits per heavy atom. The summed E-state index contributed by atoms with van der Waals surface area (Å²) in [4.78, 5) is 0.414. The van der Waals surface area contributed by atoms with Crippen LogP contribution in [0.1, 0.15) is 6.92 Å². The molecule has 1 aromatic carbocycles. The van der Waals surface area contributed by atoms with E-state index in [1.165, 1.54) is 17.4 Å². The van der Waals surface area contributed by atoms with Crippen molar-refractivity contribution in [2.75, 3.05) is 13.2 Å². The first-order chi connectivity index (χ1) is 11.9. The summed E-state index contributed by atoms with van der Waals surface area (Å²) in [7, 11) is -3.81. The summed E-state index contributed by atoms with van der Waals surface area (Å²) in [5.74, 6) is 0. The van der Waals surface area contributed by atoms with E-state index in [9.17, 15) is 8.42 Å². The summed E-state index contributed by atoms with van der Waals surface area (Å²) in [6.45, 7) is 3.53. The van der Waals surface area contributed by atoms with E-state index in [1.54, 1.807) is 6.07 Å². The van der Waals surface area contributed by atoms with Gasteiger partial charge in [-0.25, -0.2) is 0 Å². The second kappa shape index (κ2) is 7.89. The standard InChI is InChI=1S/C15H14BrClN2O3S3/c1-2-22-8-7-19-11-4-3-10(16)9-12(11)23-15(19)18-25(20,21)14-6-5-13(17)24-14/h3-6,9H,2,7-8H2,1H3/b18-15-. The van der Waals surface area contributed by atoms with E-state index >= 15 is 0 Å². The minimum absolute atomic E-state index is 0.132. The lowest BCUT2D eigenvalue weighted by Crippen LogP contribution is -2.19. The molecule has 3 rings (SSSR count). The third-order valence-corrected chi connectivity index (χ3v) is 7.92. The van der Waals surface area contributed by atoms with Crippen LogP contribution in [-0.4, -0.2) is 26.2 Å². The maximum atomic E-state index is 12.6. The molecule has 2 heterocycles.